The maximum atomic E-state index is 14.1. The molecule has 8 rings (SSSR count). The molecule has 1 aromatic heterocycles. The fourth-order valence-corrected chi connectivity index (χ4v) is 9.42. The van der Waals surface area contributed by atoms with Crippen molar-refractivity contribution in [3.05, 3.63) is 65.6 Å². The van der Waals surface area contributed by atoms with Gasteiger partial charge in [-0.25, -0.2) is 14.6 Å². The molecule has 0 aliphatic carbocycles. The maximum Gasteiger partial charge on any atom is 0.407 e. The Balaban J connectivity index is 0.00000116. The summed E-state index contributed by atoms with van der Waals surface area (Å²) in [5.74, 6) is 2.01. The largest absolute Gasteiger partial charge is 0.488 e. The van der Waals surface area contributed by atoms with Gasteiger partial charge in [-0.2, -0.15) is 0 Å². The molecule has 0 bridgehead atoms. The van der Waals surface area contributed by atoms with Crippen LogP contribution in [0.15, 0.2) is 53.7 Å². The van der Waals surface area contributed by atoms with Gasteiger partial charge in [0.15, 0.2) is 0 Å². The highest BCUT2D eigenvalue weighted by molar-refractivity contribution is 6.06. The summed E-state index contributed by atoms with van der Waals surface area (Å²) in [6.45, 7) is 11.7. The quantitative estimate of drug-likeness (QED) is 0.140. The number of carbonyl (C=O) groups excluding carboxylic acids is 4. The minimum absolute atomic E-state index is 0.0290. The van der Waals surface area contributed by atoms with Crippen molar-refractivity contribution in [2.24, 2.45) is 28.5 Å². The molecule has 4 N–H and O–H groups in total. The minimum Gasteiger partial charge on any atom is -0.488 e. The van der Waals surface area contributed by atoms with E-state index in [1.165, 1.54) is 21.3 Å². The standard InChI is InChI=1S/C46H56N6O7.C2H5NO2/c1-24(2)26(4)44(53)51-21-28(22-56-6)15-40(51)43-47-20-38(49-43)30-10-12-32-31(16-30)23-59-41-19-33-29(17-35(32)41)11-13-36-34(33)18-37(48-36)39-14-9-25(3)52(39)45(54)42(27(5)57-7)50-46(55)58-8;1-5-2(3)4/h10-13,16-17,19-20,24-28,39-40,42H,9,14-15,18,21-23H2,1-8H3,(H,47,49)(H,50,55);1H3,(H2,3,4)/t25-,26-,27+,28-,39-,40-,42-;/m0./s1. The number of imidazole rings is 1. The monoisotopic (exact) mass is 879 g/mol. The highest BCUT2D eigenvalue weighted by Gasteiger charge is 2.44. The van der Waals surface area contributed by atoms with Gasteiger partial charge >= 0.3 is 12.2 Å². The van der Waals surface area contributed by atoms with Gasteiger partial charge in [0.05, 0.1) is 56.6 Å². The third-order valence-electron chi connectivity index (χ3n) is 13.4. The molecule has 2 saturated heterocycles. The summed E-state index contributed by atoms with van der Waals surface area (Å²) in [5.41, 5.74) is 12.6. The molecule has 3 aromatic carbocycles. The van der Waals surface area contributed by atoms with Crippen LogP contribution >= 0.6 is 0 Å². The number of nitrogens with two attached hydrogens (primary N) is 1. The molecule has 4 aliphatic rings. The van der Waals surface area contributed by atoms with E-state index in [1.54, 1.807) is 14.0 Å². The van der Waals surface area contributed by atoms with Gasteiger partial charge < -0.3 is 49.5 Å². The van der Waals surface area contributed by atoms with Crippen molar-refractivity contribution >= 4 is 46.2 Å². The lowest BCUT2D eigenvalue weighted by Gasteiger charge is -2.34. The summed E-state index contributed by atoms with van der Waals surface area (Å²) in [6, 6.07) is 13.7. The van der Waals surface area contributed by atoms with Gasteiger partial charge in [-0.05, 0) is 96.3 Å². The number of aromatic amines is 1. The molecule has 7 atom stereocenters. The molecule has 342 valence electrons. The van der Waals surface area contributed by atoms with E-state index in [0.29, 0.717) is 26.2 Å². The summed E-state index contributed by atoms with van der Waals surface area (Å²) in [5, 5.41) is 4.87. The highest BCUT2D eigenvalue weighted by Crippen LogP contribution is 2.45. The smallest absolute Gasteiger partial charge is 0.407 e. The first kappa shape index (κ1) is 46.0. The lowest BCUT2D eigenvalue weighted by molar-refractivity contribution is -0.138. The Hall–Kier alpha value is -6.00. The van der Waals surface area contributed by atoms with Gasteiger partial charge in [-0.15, -0.1) is 0 Å². The third kappa shape index (κ3) is 9.16. The molecular formula is C48H61N7O9. The predicted octanol–water partition coefficient (Wildman–Crippen LogP) is 7.10. The second-order valence-electron chi connectivity index (χ2n) is 17.6. The number of methoxy groups -OCH3 is 4. The van der Waals surface area contributed by atoms with E-state index >= 15 is 0 Å². The summed E-state index contributed by atoms with van der Waals surface area (Å²) >= 11 is 0. The third-order valence-corrected chi connectivity index (χ3v) is 13.4. The predicted molar refractivity (Wildman–Crippen MR) is 242 cm³/mol. The number of H-pyrrole nitrogens is 1. The van der Waals surface area contributed by atoms with Crippen LogP contribution in [0.1, 0.15) is 76.9 Å². The van der Waals surface area contributed by atoms with Gasteiger partial charge in [0, 0.05) is 56.3 Å². The summed E-state index contributed by atoms with van der Waals surface area (Å²) in [7, 11) is 5.74. The summed E-state index contributed by atoms with van der Waals surface area (Å²) < 4.78 is 26.2. The average molecular weight is 880 g/mol. The number of alkyl carbamates (subject to hydrolysis) is 1. The zero-order chi connectivity index (χ0) is 46.0. The number of benzene rings is 3. The first-order valence-corrected chi connectivity index (χ1v) is 22.0. The van der Waals surface area contributed by atoms with Crippen LogP contribution in [0.5, 0.6) is 5.75 Å². The summed E-state index contributed by atoms with van der Waals surface area (Å²) in [4.78, 5) is 66.6. The number of ether oxygens (including phenoxy) is 5. The molecule has 4 aliphatic heterocycles. The van der Waals surface area contributed by atoms with Crippen molar-refractivity contribution in [1.82, 2.24) is 25.1 Å². The molecule has 5 heterocycles. The number of hydrogen-bond donors (Lipinski definition) is 3. The number of hydrogen-bond acceptors (Lipinski definition) is 11. The number of likely N-dealkylation sites (tertiary alicyclic amines) is 2. The second-order valence-corrected chi connectivity index (χ2v) is 17.6. The fourth-order valence-electron chi connectivity index (χ4n) is 9.42. The molecule has 0 saturated carbocycles. The van der Waals surface area contributed by atoms with Crippen LogP contribution in [0.3, 0.4) is 0 Å². The molecule has 2 fully saturated rings. The summed E-state index contributed by atoms with van der Waals surface area (Å²) in [6.07, 6.45) is 2.93. The number of carbonyl (C=O) groups is 4. The number of nitrogens with zero attached hydrogens (tertiary/aromatic N) is 4. The second kappa shape index (κ2) is 19.4. The normalized spacial score (nSPS) is 21.1. The van der Waals surface area contributed by atoms with Gasteiger partial charge in [0.2, 0.25) is 11.8 Å². The molecule has 0 spiro atoms. The zero-order valence-electron chi connectivity index (χ0n) is 38.2. The number of amides is 4. The first-order chi connectivity index (χ1) is 30.7. The molecule has 16 heteroatoms. The Kier molecular flexibility index (Phi) is 13.9. The van der Waals surface area contributed by atoms with E-state index in [4.69, 9.17) is 28.9 Å². The van der Waals surface area contributed by atoms with E-state index in [1.807, 2.05) is 29.8 Å². The molecule has 16 nitrogen and oxygen atoms in total. The lowest BCUT2D eigenvalue weighted by atomic mass is 9.90. The van der Waals surface area contributed by atoms with Crippen LogP contribution in [0.2, 0.25) is 0 Å². The van der Waals surface area contributed by atoms with Crippen LogP contribution in [0.25, 0.3) is 33.2 Å². The van der Waals surface area contributed by atoms with E-state index < -0.39 is 24.3 Å². The lowest BCUT2D eigenvalue weighted by Crippen LogP contribution is -2.57. The number of rotatable bonds is 11. The Labute approximate surface area is 374 Å². The van der Waals surface area contributed by atoms with Crippen LogP contribution in [0.4, 0.5) is 15.3 Å². The Bertz CT molecular complexity index is 2430. The minimum atomic E-state index is -0.895. The van der Waals surface area contributed by atoms with Crippen molar-refractivity contribution in [1.29, 1.82) is 0 Å². The Morgan fingerprint density at radius 1 is 0.953 bits per heavy atom. The number of primary amides is 1. The fraction of sp³-hybridized carbons (Fsp3) is 0.500. The van der Waals surface area contributed by atoms with E-state index in [9.17, 15) is 19.2 Å². The Morgan fingerprint density at radius 3 is 2.41 bits per heavy atom. The van der Waals surface area contributed by atoms with Crippen LogP contribution in [-0.2, 0) is 41.6 Å². The molecule has 64 heavy (non-hydrogen) atoms. The molecular weight excluding hydrogens is 819 g/mol. The van der Waals surface area contributed by atoms with Gasteiger partial charge in [0.25, 0.3) is 0 Å². The average Bonchev–Trinajstić information content (AvgIpc) is 4.12. The first-order valence-electron chi connectivity index (χ1n) is 22.0. The molecule has 4 aromatic rings. The van der Waals surface area contributed by atoms with E-state index in [0.717, 1.165) is 86.5 Å². The number of nitrogens with one attached hydrogen (secondary N) is 2. The van der Waals surface area contributed by atoms with Crippen molar-refractivity contribution in [3.8, 4) is 28.1 Å². The van der Waals surface area contributed by atoms with Crippen LogP contribution < -0.4 is 15.8 Å². The van der Waals surface area contributed by atoms with E-state index in [-0.39, 0.29) is 47.7 Å². The van der Waals surface area contributed by atoms with Crippen LogP contribution in [-0.4, -0.2) is 115 Å². The number of aromatic nitrogens is 2. The van der Waals surface area contributed by atoms with Gasteiger partial charge in [-0.3, -0.25) is 14.6 Å². The van der Waals surface area contributed by atoms with Crippen molar-refractivity contribution < 1.29 is 42.9 Å². The van der Waals surface area contributed by atoms with Crippen molar-refractivity contribution in [3.63, 3.8) is 0 Å². The highest BCUT2D eigenvalue weighted by atomic mass is 16.5. The number of fused-ring (bicyclic) bond motifs is 6. The molecule has 0 unspecified atom stereocenters. The maximum absolute atomic E-state index is 14.1. The molecule has 4 amide bonds. The SMILES string of the molecule is COC(N)=O.COC[C@H]1C[C@@H](c2ncc(-c3ccc4c(c3)COc3cc5c6c(ccc5cc3-4)N=C([C@@H]3CC[C@H](C)N3C(=O)[C@@H](NC(=O)OC)[C@@H](C)OC)C6)[nH]2)N(C(=O)[C@@H](C)C(C)C)C1. The zero-order valence-corrected chi connectivity index (χ0v) is 38.2. The number of aliphatic imine (C=N–C) groups is 1. The van der Waals surface area contributed by atoms with E-state index in [2.05, 4.69) is 77.1 Å². The van der Waals surface area contributed by atoms with Crippen LogP contribution in [0, 0.1) is 17.8 Å². The Morgan fingerprint density at radius 2 is 1.72 bits per heavy atom. The van der Waals surface area contributed by atoms with Crippen molar-refractivity contribution in [2.45, 2.75) is 97.2 Å². The van der Waals surface area contributed by atoms with Gasteiger partial charge in [0.1, 0.15) is 24.2 Å². The van der Waals surface area contributed by atoms with Crippen molar-refractivity contribution in [2.75, 3.05) is 41.6 Å². The molecule has 0 radical (unpaired) electrons. The topological polar surface area (TPSA) is 200 Å². The van der Waals surface area contributed by atoms with Gasteiger partial charge in [-0.1, -0.05) is 39.0 Å².